The van der Waals surface area contributed by atoms with Gasteiger partial charge in [-0.1, -0.05) is 83.0 Å². The van der Waals surface area contributed by atoms with Gasteiger partial charge in [0.05, 0.1) is 17.6 Å². The first-order valence-corrected chi connectivity index (χ1v) is 11.3. The molecule has 1 aromatic heterocycles. The van der Waals surface area contributed by atoms with E-state index in [-0.39, 0.29) is 33.1 Å². The minimum atomic E-state index is -0.391. The Morgan fingerprint density at radius 2 is 1.41 bits per heavy atom. The average molecular weight is 503 g/mol. The molecule has 184 valence electrons. The molecule has 0 fully saturated rings. The van der Waals surface area contributed by atoms with Crippen molar-refractivity contribution >= 4 is 11.9 Å². The molecule has 34 heavy (non-hydrogen) atoms. The summed E-state index contributed by atoms with van der Waals surface area (Å²) in [7, 11) is 0. The van der Waals surface area contributed by atoms with Crippen LogP contribution in [0.25, 0.3) is 0 Å². The van der Waals surface area contributed by atoms with E-state index in [0.29, 0.717) is 5.56 Å². The smallest absolute Gasteiger partial charge is 0.873 e. The van der Waals surface area contributed by atoms with E-state index in [1.165, 1.54) is 22.8 Å². The van der Waals surface area contributed by atoms with Crippen molar-refractivity contribution < 1.29 is 26.7 Å². The van der Waals surface area contributed by atoms with Crippen molar-refractivity contribution in [1.82, 2.24) is 4.98 Å². The van der Waals surface area contributed by atoms with Crippen LogP contribution in [0.5, 0.6) is 11.5 Å². The third kappa shape index (κ3) is 7.99. The molecular weight excluding hydrogens is 467 g/mol. The van der Waals surface area contributed by atoms with Crippen molar-refractivity contribution in [3.63, 3.8) is 0 Å². The molecule has 0 amide bonds. The molecular formula is C29H36N2NiO2. The maximum Gasteiger partial charge on any atom is 2.00 e. The van der Waals surface area contributed by atoms with E-state index >= 15 is 0 Å². The first-order chi connectivity index (χ1) is 15.2. The van der Waals surface area contributed by atoms with Gasteiger partial charge in [-0.2, -0.15) is 0 Å². The van der Waals surface area contributed by atoms with Gasteiger partial charge in [0, 0.05) is 6.20 Å². The van der Waals surface area contributed by atoms with Gasteiger partial charge in [0.2, 0.25) is 0 Å². The Kier molecular flexibility index (Phi) is 10.1. The van der Waals surface area contributed by atoms with Crippen LogP contribution in [0.4, 0.5) is 5.69 Å². The minimum Gasteiger partial charge on any atom is -0.873 e. The molecule has 0 N–H and O–H groups in total. The van der Waals surface area contributed by atoms with E-state index in [4.69, 9.17) is 0 Å². The number of pyridine rings is 1. The standard InChI is InChI=1S/C15H16N2.C14H22O2.Ni/c1-11-8-12(2)15(13(3)9-11)17-10-14-6-4-5-7-16-14;1-13(2,3)9-7-10(14(4,5)6)12(16)11(15)8-9;/h4-10H,1-3H3;7-8,15-16H,1-6H3;/q;;+2/p-2. The van der Waals surface area contributed by atoms with Gasteiger partial charge in [-0.25, -0.2) is 0 Å². The van der Waals surface area contributed by atoms with Crippen molar-refractivity contribution in [2.45, 2.75) is 73.1 Å². The predicted molar refractivity (Wildman–Crippen MR) is 135 cm³/mol. The molecule has 0 aliphatic carbocycles. The zero-order valence-electron chi connectivity index (χ0n) is 21.7. The Balaban J connectivity index is 0.000000331. The summed E-state index contributed by atoms with van der Waals surface area (Å²) in [5, 5.41) is 23.4. The van der Waals surface area contributed by atoms with Crippen molar-refractivity contribution in [3.05, 3.63) is 82.2 Å². The molecule has 0 atom stereocenters. The van der Waals surface area contributed by atoms with Gasteiger partial charge in [-0.3, -0.25) is 9.98 Å². The summed E-state index contributed by atoms with van der Waals surface area (Å²) >= 11 is 0. The van der Waals surface area contributed by atoms with Crippen molar-refractivity contribution in [3.8, 4) is 11.5 Å². The number of aromatic nitrogens is 1. The summed E-state index contributed by atoms with van der Waals surface area (Å²) in [5.74, 6) is -0.752. The first kappa shape index (κ1) is 29.4. The molecule has 2 aromatic carbocycles. The molecule has 3 rings (SSSR count). The Morgan fingerprint density at radius 1 is 0.824 bits per heavy atom. The zero-order chi connectivity index (χ0) is 25.0. The summed E-state index contributed by atoms with van der Waals surface area (Å²) < 4.78 is 0. The number of hydrogen-bond donors (Lipinski definition) is 0. The maximum absolute atomic E-state index is 11.8. The Bertz CT molecular complexity index is 1100. The molecule has 4 nitrogen and oxygen atoms in total. The van der Waals surface area contributed by atoms with Crippen LogP contribution in [0.2, 0.25) is 0 Å². The SMILES string of the molecule is CC(C)(C)c1cc([O-])c([O-])c(C(C)(C)C)c1.Cc1cc(C)c(N=Cc2ccccn2)c(C)c1.[Ni+2]. The van der Waals surface area contributed by atoms with Crippen molar-refractivity contribution in [2.24, 2.45) is 4.99 Å². The van der Waals surface area contributed by atoms with Crippen LogP contribution in [0.3, 0.4) is 0 Å². The number of nitrogens with zero attached hydrogens (tertiary/aromatic N) is 2. The summed E-state index contributed by atoms with van der Waals surface area (Å²) in [4.78, 5) is 8.75. The van der Waals surface area contributed by atoms with Gasteiger partial charge in [-0.05, 0) is 60.4 Å². The van der Waals surface area contributed by atoms with Gasteiger partial charge in [0.25, 0.3) is 0 Å². The number of aliphatic imine (C=N–C) groups is 1. The number of hydrogen-bond acceptors (Lipinski definition) is 4. The molecule has 0 saturated heterocycles. The monoisotopic (exact) mass is 502 g/mol. The van der Waals surface area contributed by atoms with E-state index in [0.717, 1.165) is 16.9 Å². The van der Waals surface area contributed by atoms with Gasteiger partial charge < -0.3 is 10.2 Å². The van der Waals surface area contributed by atoms with E-state index in [9.17, 15) is 10.2 Å². The van der Waals surface area contributed by atoms with Crippen LogP contribution in [0, 0.1) is 20.8 Å². The first-order valence-electron chi connectivity index (χ1n) is 11.3. The third-order valence-electron chi connectivity index (χ3n) is 5.38. The molecule has 3 aromatic rings. The molecule has 0 aliphatic rings. The van der Waals surface area contributed by atoms with Gasteiger partial charge >= 0.3 is 16.5 Å². The number of rotatable bonds is 2. The van der Waals surface area contributed by atoms with Crippen LogP contribution < -0.4 is 10.2 Å². The van der Waals surface area contributed by atoms with Crippen LogP contribution in [0.15, 0.2) is 53.7 Å². The van der Waals surface area contributed by atoms with E-state index < -0.39 is 5.75 Å². The molecule has 0 spiro atoms. The van der Waals surface area contributed by atoms with Gasteiger partial charge in [-0.15, -0.1) is 11.5 Å². The molecule has 0 radical (unpaired) electrons. The fourth-order valence-corrected chi connectivity index (χ4v) is 3.55. The molecule has 0 bridgehead atoms. The van der Waals surface area contributed by atoms with Crippen LogP contribution in [0.1, 0.15) is 75.1 Å². The van der Waals surface area contributed by atoms with Crippen molar-refractivity contribution in [2.75, 3.05) is 0 Å². The second-order valence-electron chi connectivity index (χ2n) is 10.6. The second-order valence-corrected chi connectivity index (χ2v) is 10.6. The Hall–Kier alpha value is -2.65. The number of benzene rings is 2. The van der Waals surface area contributed by atoms with E-state index in [1.807, 2.05) is 72.0 Å². The predicted octanol–water partition coefficient (Wildman–Crippen LogP) is 6.18. The third-order valence-corrected chi connectivity index (χ3v) is 5.38. The number of aryl methyl sites for hydroxylation is 3. The van der Waals surface area contributed by atoms with Crippen molar-refractivity contribution in [1.29, 1.82) is 0 Å². The summed E-state index contributed by atoms with van der Waals surface area (Å²) in [6.45, 7) is 18.3. The Morgan fingerprint density at radius 3 is 1.88 bits per heavy atom. The molecule has 5 heteroatoms. The van der Waals surface area contributed by atoms with Crippen LogP contribution in [-0.4, -0.2) is 11.2 Å². The van der Waals surface area contributed by atoms with Crippen LogP contribution in [-0.2, 0) is 27.3 Å². The summed E-state index contributed by atoms with van der Waals surface area (Å²) in [5.41, 5.74) is 6.77. The van der Waals surface area contributed by atoms with Gasteiger partial charge in [0.15, 0.2) is 0 Å². The maximum atomic E-state index is 11.8. The molecule has 1 heterocycles. The van der Waals surface area contributed by atoms with Crippen LogP contribution >= 0.6 is 0 Å². The van der Waals surface area contributed by atoms with Gasteiger partial charge in [0.1, 0.15) is 0 Å². The Labute approximate surface area is 215 Å². The topological polar surface area (TPSA) is 71.4 Å². The fourth-order valence-electron chi connectivity index (χ4n) is 3.55. The molecule has 0 aliphatic heterocycles. The summed E-state index contributed by atoms with van der Waals surface area (Å²) in [6.07, 6.45) is 3.58. The fraction of sp³-hybridized carbons (Fsp3) is 0.379. The van der Waals surface area contributed by atoms with E-state index in [2.05, 4.69) is 42.9 Å². The largest absolute Gasteiger partial charge is 2.00 e. The molecule has 0 unspecified atom stereocenters. The summed E-state index contributed by atoms with van der Waals surface area (Å²) in [6, 6.07) is 13.5. The molecule has 0 saturated carbocycles. The van der Waals surface area contributed by atoms with E-state index in [1.54, 1.807) is 6.20 Å². The zero-order valence-corrected chi connectivity index (χ0v) is 22.7. The normalized spacial score (nSPS) is 11.6. The minimum absolute atomic E-state index is 0. The average Bonchev–Trinajstić information content (AvgIpc) is 2.68. The second kappa shape index (κ2) is 11.7. The quantitative estimate of drug-likeness (QED) is 0.310.